The fourth-order valence-corrected chi connectivity index (χ4v) is 6.78. The van der Waals surface area contributed by atoms with Crippen molar-refractivity contribution in [2.45, 2.75) is 88.8 Å². The van der Waals surface area contributed by atoms with Crippen LogP contribution in [-0.2, 0) is 15.3 Å². The zero-order valence-electron chi connectivity index (χ0n) is 24.8. The Labute approximate surface area is 264 Å². The van der Waals surface area contributed by atoms with Gasteiger partial charge in [-0.05, 0) is 91.2 Å². The Kier molecular flexibility index (Phi) is 10.7. The number of allylic oxidation sites excluding steroid dienone is 1. The van der Waals surface area contributed by atoms with Crippen LogP contribution in [0.4, 0.5) is 10.3 Å². The molecule has 2 aromatic carbocycles. The van der Waals surface area contributed by atoms with Gasteiger partial charge in [0.25, 0.3) is 0 Å². The van der Waals surface area contributed by atoms with E-state index in [2.05, 4.69) is 28.2 Å². The zero-order valence-corrected chi connectivity index (χ0v) is 27.2. The van der Waals surface area contributed by atoms with Crippen LogP contribution in [0.15, 0.2) is 57.3 Å². The van der Waals surface area contributed by atoms with E-state index in [0.29, 0.717) is 58.4 Å². The van der Waals surface area contributed by atoms with Gasteiger partial charge in [0.15, 0.2) is 11.5 Å². The second-order valence-electron chi connectivity index (χ2n) is 10.7. The Morgan fingerprint density at radius 2 is 1.95 bits per heavy atom. The molecule has 1 N–H and O–H groups in total. The second-order valence-corrected chi connectivity index (χ2v) is 12.5. The molecule has 2 aliphatic rings. The van der Waals surface area contributed by atoms with Crippen LogP contribution in [-0.4, -0.2) is 40.1 Å². The predicted octanol–water partition coefficient (Wildman–Crippen LogP) is 8.21. The SMILES string of the molecule is CCCCOc1c(Br)cc(C2C(C(=O)OC3CCCCC3)=C(C)Nc3nc(SCc4ccccc4F)nn32)cc1OCC. The van der Waals surface area contributed by atoms with Gasteiger partial charge in [0, 0.05) is 11.4 Å². The lowest BCUT2D eigenvalue weighted by Gasteiger charge is -2.30. The van der Waals surface area contributed by atoms with Crippen molar-refractivity contribution in [3.8, 4) is 11.5 Å². The van der Waals surface area contributed by atoms with E-state index in [9.17, 15) is 9.18 Å². The molecule has 0 spiro atoms. The average Bonchev–Trinajstić information content (AvgIpc) is 3.40. The van der Waals surface area contributed by atoms with Gasteiger partial charge in [-0.15, -0.1) is 5.10 Å². The fraction of sp³-hybridized carbons (Fsp3) is 0.469. The topological polar surface area (TPSA) is 87.5 Å². The quantitative estimate of drug-likeness (QED) is 0.117. The van der Waals surface area contributed by atoms with Gasteiger partial charge in [-0.3, -0.25) is 0 Å². The molecule has 8 nitrogen and oxygen atoms in total. The summed E-state index contributed by atoms with van der Waals surface area (Å²) >= 11 is 5.04. The van der Waals surface area contributed by atoms with Gasteiger partial charge in [0.05, 0.1) is 23.3 Å². The van der Waals surface area contributed by atoms with E-state index in [0.717, 1.165) is 55.0 Å². The Balaban J connectivity index is 1.53. The standard InChI is InChI=1S/C32H38BrFN4O4S/c1-4-6-16-41-29-24(33)17-22(18-26(29)40-5-2)28-27(30(39)42-23-13-8-7-9-14-23)20(3)35-31-36-32(37-38(28)31)43-19-21-12-10-11-15-25(21)34/h10-12,15,17-18,23,28H,4-9,13-14,16,19H2,1-3H3,(H,35,36,37). The number of nitrogens with one attached hydrogen (secondary N) is 1. The Morgan fingerprint density at radius 3 is 2.70 bits per heavy atom. The molecule has 0 bridgehead atoms. The molecule has 11 heteroatoms. The summed E-state index contributed by atoms with van der Waals surface area (Å²) in [4.78, 5) is 18.6. The van der Waals surface area contributed by atoms with E-state index in [-0.39, 0.29) is 17.9 Å². The summed E-state index contributed by atoms with van der Waals surface area (Å²) in [5.41, 5.74) is 2.45. The van der Waals surface area contributed by atoms with Gasteiger partial charge < -0.3 is 19.5 Å². The molecule has 1 saturated carbocycles. The number of unbranched alkanes of at least 4 members (excludes halogenated alkanes) is 1. The summed E-state index contributed by atoms with van der Waals surface area (Å²) < 4.78 is 34.9. The largest absolute Gasteiger partial charge is 0.490 e. The first kappa shape index (κ1) is 31.4. The van der Waals surface area contributed by atoms with Crippen molar-refractivity contribution in [2.24, 2.45) is 0 Å². The van der Waals surface area contributed by atoms with E-state index >= 15 is 0 Å². The minimum Gasteiger partial charge on any atom is -0.490 e. The fourth-order valence-electron chi connectivity index (χ4n) is 5.39. The lowest BCUT2D eigenvalue weighted by atomic mass is 9.94. The van der Waals surface area contributed by atoms with E-state index < -0.39 is 6.04 Å². The lowest BCUT2D eigenvalue weighted by molar-refractivity contribution is -0.146. The molecule has 43 heavy (non-hydrogen) atoms. The number of hydrogen-bond acceptors (Lipinski definition) is 8. The summed E-state index contributed by atoms with van der Waals surface area (Å²) in [5, 5.41) is 8.55. The Morgan fingerprint density at radius 1 is 1.16 bits per heavy atom. The molecule has 1 aliphatic heterocycles. The minimum atomic E-state index is -0.636. The monoisotopic (exact) mass is 672 g/mol. The first-order valence-corrected chi connectivity index (χ1v) is 16.8. The summed E-state index contributed by atoms with van der Waals surface area (Å²) in [7, 11) is 0. The highest BCUT2D eigenvalue weighted by molar-refractivity contribution is 9.10. The van der Waals surface area contributed by atoms with Crippen molar-refractivity contribution in [2.75, 3.05) is 18.5 Å². The highest BCUT2D eigenvalue weighted by atomic mass is 79.9. The number of nitrogens with zero attached hydrogens (tertiary/aromatic N) is 3. The third-order valence-corrected chi connectivity index (χ3v) is 9.06. The maximum absolute atomic E-state index is 14.3. The Hall–Kier alpha value is -3.05. The number of rotatable bonds is 12. The number of ether oxygens (including phenoxy) is 3. The first-order valence-electron chi connectivity index (χ1n) is 15.0. The van der Waals surface area contributed by atoms with Gasteiger partial charge >= 0.3 is 5.97 Å². The lowest BCUT2D eigenvalue weighted by Crippen LogP contribution is -2.32. The van der Waals surface area contributed by atoms with E-state index in [4.69, 9.17) is 24.3 Å². The number of hydrogen-bond donors (Lipinski definition) is 1. The summed E-state index contributed by atoms with van der Waals surface area (Å²) in [6.45, 7) is 6.91. The second kappa shape index (κ2) is 14.6. The number of carbonyl (C=O) groups excluding carboxylic acids is 1. The third-order valence-electron chi connectivity index (χ3n) is 7.59. The molecule has 1 aliphatic carbocycles. The van der Waals surface area contributed by atoms with Crippen LogP contribution in [0.25, 0.3) is 0 Å². The molecule has 0 amide bonds. The molecule has 1 aromatic heterocycles. The van der Waals surface area contributed by atoms with Crippen LogP contribution in [0.3, 0.4) is 0 Å². The highest BCUT2D eigenvalue weighted by Gasteiger charge is 2.37. The number of anilines is 1. The number of aromatic nitrogens is 3. The summed E-state index contributed by atoms with van der Waals surface area (Å²) in [6, 6.07) is 9.89. The van der Waals surface area contributed by atoms with Crippen LogP contribution in [0.5, 0.6) is 11.5 Å². The molecule has 1 fully saturated rings. The number of fused-ring (bicyclic) bond motifs is 1. The minimum absolute atomic E-state index is 0.105. The van der Waals surface area contributed by atoms with Crippen molar-refractivity contribution >= 4 is 39.6 Å². The van der Waals surface area contributed by atoms with E-state index in [1.54, 1.807) is 16.8 Å². The third kappa shape index (κ3) is 7.37. The van der Waals surface area contributed by atoms with Crippen molar-refractivity contribution < 1.29 is 23.4 Å². The number of carbonyl (C=O) groups is 1. The number of halogens is 2. The molecule has 230 valence electrons. The van der Waals surface area contributed by atoms with Crippen LogP contribution in [0, 0.1) is 5.82 Å². The zero-order chi connectivity index (χ0) is 30.3. The van der Waals surface area contributed by atoms with Crippen LogP contribution >= 0.6 is 27.7 Å². The molecule has 1 atom stereocenters. The molecular formula is C32H38BrFN4O4S. The van der Waals surface area contributed by atoms with Crippen molar-refractivity contribution in [3.63, 3.8) is 0 Å². The smallest absolute Gasteiger partial charge is 0.338 e. The van der Waals surface area contributed by atoms with Crippen molar-refractivity contribution in [1.29, 1.82) is 0 Å². The van der Waals surface area contributed by atoms with Crippen molar-refractivity contribution in [3.05, 3.63) is 69.1 Å². The normalized spacial score (nSPS) is 16.9. The van der Waals surface area contributed by atoms with Gasteiger partial charge in [-0.1, -0.05) is 49.7 Å². The number of esters is 1. The number of benzene rings is 2. The molecule has 0 saturated heterocycles. The van der Waals surface area contributed by atoms with E-state index in [1.165, 1.54) is 17.8 Å². The van der Waals surface area contributed by atoms with Crippen LogP contribution < -0.4 is 14.8 Å². The predicted molar refractivity (Wildman–Crippen MR) is 169 cm³/mol. The molecule has 0 radical (unpaired) electrons. The molecule has 1 unspecified atom stereocenters. The summed E-state index contributed by atoms with van der Waals surface area (Å²) in [6.07, 6.45) is 6.83. The van der Waals surface area contributed by atoms with E-state index in [1.807, 2.05) is 32.0 Å². The van der Waals surface area contributed by atoms with Crippen LogP contribution in [0.1, 0.15) is 82.9 Å². The first-order chi connectivity index (χ1) is 20.9. The highest BCUT2D eigenvalue weighted by Crippen LogP contribution is 2.44. The van der Waals surface area contributed by atoms with Gasteiger partial charge in [-0.25, -0.2) is 13.9 Å². The Bertz CT molecular complexity index is 1470. The van der Waals surface area contributed by atoms with Gasteiger partial charge in [-0.2, -0.15) is 4.98 Å². The summed E-state index contributed by atoms with van der Waals surface area (Å²) in [5.74, 6) is 1.42. The molecule has 3 aromatic rings. The van der Waals surface area contributed by atoms with Crippen molar-refractivity contribution in [1.82, 2.24) is 14.8 Å². The molecular weight excluding hydrogens is 635 g/mol. The maximum Gasteiger partial charge on any atom is 0.338 e. The van der Waals surface area contributed by atoms with Gasteiger partial charge in [0.2, 0.25) is 11.1 Å². The maximum atomic E-state index is 14.3. The van der Waals surface area contributed by atoms with Crippen LogP contribution in [0.2, 0.25) is 0 Å². The van der Waals surface area contributed by atoms with Gasteiger partial charge in [0.1, 0.15) is 18.0 Å². The molecule has 2 heterocycles. The molecule has 5 rings (SSSR count). The average molecular weight is 674 g/mol. The number of thioether (sulfide) groups is 1.